The minimum atomic E-state index is -0.964. The molecule has 0 saturated heterocycles. The quantitative estimate of drug-likeness (QED) is 0.621. The third-order valence-corrected chi connectivity index (χ3v) is 2.95. The molecule has 0 spiro atoms. The van der Waals surface area contributed by atoms with E-state index in [-0.39, 0.29) is 19.1 Å². The summed E-state index contributed by atoms with van der Waals surface area (Å²) < 4.78 is 5.54. The summed E-state index contributed by atoms with van der Waals surface area (Å²) in [5, 5.41) is 20.8. The second-order valence-electron chi connectivity index (χ2n) is 5.19. The summed E-state index contributed by atoms with van der Waals surface area (Å²) in [4.78, 5) is 11.7. The van der Waals surface area contributed by atoms with E-state index in [2.05, 4.69) is 5.32 Å². The van der Waals surface area contributed by atoms with Gasteiger partial charge in [-0.15, -0.1) is 0 Å². The van der Waals surface area contributed by atoms with Crippen LogP contribution in [0.3, 0.4) is 0 Å². The second kappa shape index (κ2) is 7.87. The van der Waals surface area contributed by atoms with Crippen LogP contribution in [0, 0.1) is 6.92 Å². The van der Waals surface area contributed by atoms with Gasteiger partial charge in [0.25, 0.3) is 0 Å². The summed E-state index contributed by atoms with van der Waals surface area (Å²) >= 11 is 0. The monoisotopic (exact) mass is 281 g/mol. The highest BCUT2D eigenvalue weighted by molar-refractivity contribution is 5.76. The van der Waals surface area contributed by atoms with Gasteiger partial charge in [-0.1, -0.05) is 12.1 Å². The summed E-state index contributed by atoms with van der Waals surface area (Å²) in [5.41, 5.74) is 0.163. The smallest absolute Gasteiger partial charge is 0.220 e. The number of nitrogens with one attached hydrogen (secondary N) is 1. The zero-order valence-electron chi connectivity index (χ0n) is 12.1. The fraction of sp³-hybridized carbons (Fsp3) is 0.533. The van der Waals surface area contributed by atoms with Gasteiger partial charge in [0.15, 0.2) is 0 Å². The van der Waals surface area contributed by atoms with E-state index in [1.165, 1.54) is 0 Å². The molecule has 20 heavy (non-hydrogen) atoms. The van der Waals surface area contributed by atoms with Crippen LogP contribution >= 0.6 is 0 Å². The number of ether oxygens (including phenoxy) is 1. The van der Waals surface area contributed by atoms with Crippen LogP contribution in [0.25, 0.3) is 0 Å². The van der Waals surface area contributed by atoms with E-state index in [1.807, 2.05) is 31.2 Å². The highest BCUT2D eigenvalue weighted by atomic mass is 16.5. The van der Waals surface area contributed by atoms with E-state index in [0.29, 0.717) is 19.4 Å². The van der Waals surface area contributed by atoms with Gasteiger partial charge in [0.1, 0.15) is 5.75 Å². The van der Waals surface area contributed by atoms with E-state index in [1.54, 1.807) is 6.92 Å². The first-order valence-corrected chi connectivity index (χ1v) is 6.71. The van der Waals surface area contributed by atoms with E-state index >= 15 is 0 Å². The van der Waals surface area contributed by atoms with Crippen LogP contribution in [0.4, 0.5) is 0 Å². The lowest BCUT2D eigenvalue weighted by Crippen LogP contribution is -2.51. The first-order valence-electron chi connectivity index (χ1n) is 6.71. The summed E-state index contributed by atoms with van der Waals surface area (Å²) in [5.74, 6) is 0.587. The lowest BCUT2D eigenvalue weighted by Gasteiger charge is -2.26. The third kappa shape index (κ3) is 5.59. The van der Waals surface area contributed by atoms with Crippen LogP contribution in [-0.2, 0) is 4.79 Å². The second-order valence-corrected chi connectivity index (χ2v) is 5.19. The maximum Gasteiger partial charge on any atom is 0.220 e. The van der Waals surface area contributed by atoms with E-state index in [4.69, 9.17) is 14.9 Å². The number of benzene rings is 1. The molecule has 0 aliphatic heterocycles. The molecule has 1 aromatic carbocycles. The fourth-order valence-corrected chi connectivity index (χ4v) is 1.66. The lowest BCUT2D eigenvalue weighted by atomic mass is 10.1. The molecule has 0 radical (unpaired) electrons. The molecule has 0 aromatic heterocycles. The summed E-state index contributed by atoms with van der Waals surface area (Å²) in [6, 6.07) is 7.73. The first-order chi connectivity index (χ1) is 9.49. The molecule has 1 amide bonds. The Morgan fingerprint density at radius 2 is 2.05 bits per heavy atom. The number of carbonyl (C=O) groups excluding carboxylic acids is 1. The molecule has 1 aromatic rings. The van der Waals surface area contributed by atoms with Crippen LogP contribution < -0.4 is 10.1 Å². The van der Waals surface area contributed by atoms with Crippen LogP contribution in [0.15, 0.2) is 24.3 Å². The molecule has 0 bridgehead atoms. The van der Waals surface area contributed by atoms with Gasteiger partial charge in [0.2, 0.25) is 5.91 Å². The number of hydrogen-bond acceptors (Lipinski definition) is 4. The maximum atomic E-state index is 11.7. The molecular formula is C15H23NO4. The van der Waals surface area contributed by atoms with E-state index < -0.39 is 5.54 Å². The van der Waals surface area contributed by atoms with Crippen molar-refractivity contribution in [2.75, 3.05) is 19.8 Å². The average molecular weight is 281 g/mol. The summed E-state index contributed by atoms with van der Waals surface area (Å²) in [7, 11) is 0. The topological polar surface area (TPSA) is 78.8 Å². The molecule has 3 N–H and O–H groups in total. The molecule has 0 aliphatic rings. The van der Waals surface area contributed by atoms with Crippen molar-refractivity contribution in [3.8, 4) is 5.75 Å². The standard InChI is InChI=1S/C15H23NO4/c1-12-5-3-6-13(9-12)20-8-4-7-14(19)16-15(2,10-17)11-18/h3,5-6,9,17-18H,4,7-8,10-11H2,1-2H3,(H,16,19). The van der Waals surface area contributed by atoms with Gasteiger partial charge >= 0.3 is 0 Å². The minimum absolute atomic E-state index is 0.205. The SMILES string of the molecule is Cc1cccc(OCCCC(=O)NC(C)(CO)CO)c1. The molecule has 0 atom stereocenters. The third-order valence-electron chi connectivity index (χ3n) is 2.95. The van der Waals surface area contributed by atoms with Gasteiger partial charge in [-0.25, -0.2) is 0 Å². The van der Waals surface area contributed by atoms with Gasteiger partial charge in [-0.2, -0.15) is 0 Å². The molecule has 1 rings (SSSR count). The van der Waals surface area contributed by atoms with Crippen LogP contribution in [0.1, 0.15) is 25.3 Å². The predicted molar refractivity (Wildman–Crippen MR) is 76.6 cm³/mol. The number of rotatable bonds is 8. The molecular weight excluding hydrogens is 258 g/mol. The molecule has 112 valence electrons. The van der Waals surface area contributed by atoms with Gasteiger partial charge < -0.3 is 20.3 Å². The maximum absolute atomic E-state index is 11.7. The van der Waals surface area contributed by atoms with Gasteiger partial charge in [-0.05, 0) is 38.0 Å². The van der Waals surface area contributed by atoms with E-state index in [9.17, 15) is 4.79 Å². The molecule has 0 unspecified atom stereocenters. The van der Waals surface area contributed by atoms with E-state index in [0.717, 1.165) is 11.3 Å². The first kappa shape index (κ1) is 16.5. The fourth-order valence-electron chi connectivity index (χ4n) is 1.66. The minimum Gasteiger partial charge on any atom is -0.494 e. The summed E-state index contributed by atoms with van der Waals surface area (Å²) in [6.45, 7) is 3.44. The number of aryl methyl sites for hydroxylation is 1. The van der Waals surface area contributed by atoms with Crippen LogP contribution in [0.2, 0.25) is 0 Å². The lowest BCUT2D eigenvalue weighted by molar-refractivity contribution is -0.124. The number of amides is 1. The largest absolute Gasteiger partial charge is 0.494 e. The van der Waals surface area contributed by atoms with Crippen molar-refractivity contribution in [3.63, 3.8) is 0 Å². The summed E-state index contributed by atoms with van der Waals surface area (Å²) in [6.07, 6.45) is 0.869. The van der Waals surface area contributed by atoms with Crippen LogP contribution in [0.5, 0.6) is 5.75 Å². The highest BCUT2D eigenvalue weighted by Gasteiger charge is 2.23. The van der Waals surface area contributed by atoms with Gasteiger partial charge in [0.05, 0.1) is 25.4 Å². The molecule has 0 aliphatic carbocycles. The Morgan fingerprint density at radius 1 is 1.35 bits per heavy atom. The molecule has 5 nitrogen and oxygen atoms in total. The molecule has 0 saturated carbocycles. The van der Waals surface area contributed by atoms with Crippen molar-refractivity contribution < 1.29 is 19.7 Å². The number of carbonyl (C=O) groups is 1. The Balaban J connectivity index is 2.26. The van der Waals surface area contributed by atoms with Gasteiger partial charge in [0, 0.05) is 6.42 Å². The van der Waals surface area contributed by atoms with Crippen molar-refractivity contribution in [2.24, 2.45) is 0 Å². The average Bonchev–Trinajstić information content (AvgIpc) is 2.43. The predicted octanol–water partition coefficient (Wildman–Crippen LogP) is 1.01. The number of aliphatic hydroxyl groups excluding tert-OH is 2. The molecule has 0 heterocycles. The normalized spacial score (nSPS) is 11.2. The zero-order chi connectivity index (χ0) is 15.0. The van der Waals surface area contributed by atoms with Crippen molar-refractivity contribution >= 4 is 5.91 Å². The Morgan fingerprint density at radius 3 is 2.65 bits per heavy atom. The Labute approximate surface area is 119 Å². The number of aliphatic hydroxyl groups is 2. The van der Waals surface area contributed by atoms with Gasteiger partial charge in [-0.3, -0.25) is 4.79 Å². The van der Waals surface area contributed by atoms with Crippen LogP contribution in [-0.4, -0.2) is 41.5 Å². The van der Waals surface area contributed by atoms with Crippen molar-refractivity contribution in [1.82, 2.24) is 5.32 Å². The molecule has 0 fully saturated rings. The number of hydrogen-bond donors (Lipinski definition) is 3. The molecule has 5 heteroatoms. The van der Waals surface area contributed by atoms with Crippen molar-refractivity contribution in [3.05, 3.63) is 29.8 Å². The zero-order valence-corrected chi connectivity index (χ0v) is 12.1. The Kier molecular flexibility index (Phi) is 6.48. The Bertz CT molecular complexity index is 430. The van der Waals surface area contributed by atoms with Crippen molar-refractivity contribution in [1.29, 1.82) is 0 Å². The highest BCUT2D eigenvalue weighted by Crippen LogP contribution is 2.12. The van der Waals surface area contributed by atoms with Crippen molar-refractivity contribution in [2.45, 2.75) is 32.2 Å². The Hall–Kier alpha value is -1.59.